The maximum absolute atomic E-state index is 11.1. The summed E-state index contributed by atoms with van der Waals surface area (Å²) >= 11 is 0. The second kappa shape index (κ2) is 7.92. The lowest BCUT2D eigenvalue weighted by Gasteiger charge is -2.04. The molecule has 0 aliphatic carbocycles. The summed E-state index contributed by atoms with van der Waals surface area (Å²) in [4.78, 5) is 21.3. The molecule has 1 amide bonds. The first-order valence-corrected chi connectivity index (χ1v) is 4.40. The maximum atomic E-state index is 11.1. The summed E-state index contributed by atoms with van der Waals surface area (Å²) in [6.45, 7) is 2.53. The average molecular weight is 195 g/mol. The molecule has 0 fully saturated rings. The number of hydrogen-bond acceptors (Lipinski definition) is 4. The number of allylic oxidation sites excluding steroid dienone is 1. The molecule has 0 radical (unpaired) electrons. The lowest BCUT2D eigenvalue weighted by Crippen LogP contribution is -2.26. The Balaban J connectivity index is 3.93. The zero-order valence-electron chi connectivity index (χ0n) is 8.06. The van der Waals surface area contributed by atoms with Crippen molar-refractivity contribution in [1.29, 1.82) is 5.26 Å². The number of rotatable bonds is 6. The summed E-state index contributed by atoms with van der Waals surface area (Å²) in [5.74, 6) is -0.223. The normalized spacial score (nSPS) is 12.0. The number of nitrogens with one attached hydrogen (secondary N) is 1. The summed E-state index contributed by atoms with van der Waals surface area (Å²) < 4.78 is 0. The number of amides is 1. The van der Waals surface area contributed by atoms with E-state index in [0.717, 1.165) is 12.5 Å². The van der Waals surface area contributed by atoms with Crippen LogP contribution in [0.2, 0.25) is 0 Å². The zero-order valence-corrected chi connectivity index (χ0v) is 8.06. The van der Waals surface area contributed by atoms with Gasteiger partial charge in [-0.15, -0.1) is 0 Å². The SMILES string of the molecule is CCCNC(=O)CC(/C=C/C#N)N=O. The maximum Gasteiger partial charge on any atom is 0.222 e. The van der Waals surface area contributed by atoms with Gasteiger partial charge in [-0.05, 0) is 12.5 Å². The molecule has 0 saturated heterocycles. The Hall–Kier alpha value is -1.70. The van der Waals surface area contributed by atoms with Crippen LogP contribution < -0.4 is 5.32 Å². The third kappa shape index (κ3) is 5.89. The van der Waals surface area contributed by atoms with E-state index in [1.807, 2.05) is 6.92 Å². The molecule has 0 bridgehead atoms. The Morgan fingerprint density at radius 2 is 2.43 bits per heavy atom. The summed E-state index contributed by atoms with van der Waals surface area (Å²) in [7, 11) is 0. The fraction of sp³-hybridized carbons (Fsp3) is 0.556. The fourth-order valence-corrected chi connectivity index (χ4v) is 0.821. The molecule has 1 atom stereocenters. The molecule has 0 heterocycles. The van der Waals surface area contributed by atoms with Crippen LogP contribution in [0.25, 0.3) is 0 Å². The van der Waals surface area contributed by atoms with Gasteiger partial charge in [0.15, 0.2) is 0 Å². The van der Waals surface area contributed by atoms with E-state index in [0.29, 0.717) is 6.54 Å². The first-order valence-electron chi connectivity index (χ1n) is 4.40. The van der Waals surface area contributed by atoms with Gasteiger partial charge in [0.2, 0.25) is 5.91 Å². The van der Waals surface area contributed by atoms with Gasteiger partial charge in [0, 0.05) is 12.6 Å². The van der Waals surface area contributed by atoms with Gasteiger partial charge in [-0.2, -0.15) is 10.2 Å². The summed E-state index contributed by atoms with van der Waals surface area (Å²) in [5, 5.41) is 13.5. The van der Waals surface area contributed by atoms with Crippen LogP contribution in [0.5, 0.6) is 0 Å². The van der Waals surface area contributed by atoms with Gasteiger partial charge in [0.1, 0.15) is 6.04 Å². The van der Waals surface area contributed by atoms with Gasteiger partial charge in [-0.3, -0.25) is 4.79 Å². The van der Waals surface area contributed by atoms with Crippen LogP contribution in [0.1, 0.15) is 19.8 Å². The molecular weight excluding hydrogens is 182 g/mol. The predicted octanol–water partition coefficient (Wildman–Crippen LogP) is 1.12. The minimum Gasteiger partial charge on any atom is -0.356 e. The van der Waals surface area contributed by atoms with Gasteiger partial charge >= 0.3 is 0 Å². The van der Waals surface area contributed by atoms with Crippen LogP contribution in [0.4, 0.5) is 0 Å². The molecule has 0 aromatic carbocycles. The van der Waals surface area contributed by atoms with Crippen molar-refractivity contribution >= 4 is 5.91 Å². The standard InChI is InChI=1S/C9H13N3O2/c1-2-6-11-9(13)7-8(12-14)4-3-5-10/h3-4,8H,2,6-7H2,1H3,(H,11,13)/b4-3+. The van der Waals surface area contributed by atoms with Crippen LogP contribution >= 0.6 is 0 Å². The van der Waals surface area contributed by atoms with Crippen molar-refractivity contribution in [2.24, 2.45) is 5.18 Å². The fourth-order valence-electron chi connectivity index (χ4n) is 0.821. The van der Waals surface area contributed by atoms with Gasteiger partial charge in [0.25, 0.3) is 0 Å². The van der Waals surface area contributed by atoms with E-state index in [9.17, 15) is 9.70 Å². The van der Waals surface area contributed by atoms with Crippen LogP contribution in [-0.2, 0) is 4.79 Å². The average Bonchev–Trinajstić information content (AvgIpc) is 2.21. The summed E-state index contributed by atoms with van der Waals surface area (Å²) in [5.41, 5.74) is 0. The molecule has 1 unspecified atom stereocenters. The highest BCUT2D eigenvalue weighted by molar-refractivity contribution is 5.76. The van der Waals surface area contributed by atoms with Crippen molar-refractivity contribution in [2.45, 2.75) is 25.8 Å². The Bertz CT molecular complexity index is 255. The van der Waals surface area contributed by atoms with E-state index < -0.39 is 6.04 Å². The van der Waals surface area contributed by atoms with E-state index in [2.05, 4.69) is 10.5 Å². The number of carbonyl (C=O) groups is 1. The molecule has 0 aromatic rings. The van der Waals surface area contributed by atoms with Crippen molar-refractivity contribution in [2.75, 3.05) is 6.54 Å². The molecule has 0 saturated carbocycles. The molecule has 0 aromatic heterocycles. The first kappa shape index (κ1) is 12.3. The molecule has 5 heteroatoms. The molecule has 0 spiro atoms. The zero-order chi connectivity index (χ0) is 10.8. The van der Waals surface area contributed by atoms with Crippen LogP contribution in [-0.4, -0.2) is 18.5 Å². The first-order chi connectivity index (χ1) is 6.74. The Morgan fingerprint density at radius 3 is 2.93 bits per heavy atom. The number of nitroso groups, excluding NO2 is 1. The van der Waals surface area contributed by atoms with Crippen molar-refractivity contribution in [3.63, 3.8) is 0 Å². The third-order valence-corrected chi connectivity index (χ3v) is 1.50. The van der Waals surface area contributed by atoms with Crippen LogP contribution in [0, 0.1) is 16.2 Å². The van der Waals surface area contributed by atoms with Crippen LogP contribution in [0.15, 0.2) is 17.3 Å². The number of nitriles is 1. The molecular formula is C9H13N3O2. The summed E-state index contributed by atoms with van der Waals surface area (Å²) in [6, 6.07) is 0.994. The van der Waals surface area contributed by atoms with Crippen molar-refractivity contribution in [3.8, 4) is 6.07 Å². The number of hydrogen-bond donors (Lipinski definition) is 1. The smallest absolute Gasteiger partial charge is 0.222 e. The highest BCUT2D eigenvalue weighted by Gasteiger charge is 2.09. The lowest BCUT2D eigenvalue weighted by molar-refractivity contribution is -0.121. The van der Waals surface area contributed by atoms with Gasteiger partial charge in [-0.1, -0.05) is 12.1 Å². The van der Waals surface area contributed by atoms with Crippen molar-refractivity contribution in [1.82, 2.24) is 5.32 Å². The summed E-state index contributed by atoms with van der Waals surface area (Å²) in [6.07, 6.45) is 3.32. The van der Waals surface area contributed by atoms with Crippen LogP contribution in [0.3, 0.4) is 0 Å². The van der Waals surface area contributed by atoms with E-state index >= 15 is 0 Å². The molecule has 76 valence electrons. The highest BCUT2D eigenvalue weighted by Crippen LogP contribution is 1.99. The van der Waals surface area contributed by atoms with Crippen molar-refractivity contribution < 1.29 is 4.79 Å². The Kier molecular flexibility index (Phi) is 6.96. The van der Waals surface area contributed by atoms with E-state index in [1.54, 1.807) is 6.07 Å². The molecule has 5 nitrogen and oxygen atoms in total. The molecule has 1 N–H and O–H groups in total. The molecule has 14 heavy (non-hydrogen) atoms. The Morgan fingerprint density at radius 1 is 1.71 bits per heavy atom. The van der Waals surface area contributed by atoms with Crippen molar-refractivity contribution in [3.05, 3.63) is 17.1 Å². The number of nitrogens with zero attached hydrogens (tertiary/aromatic N) is 2. The molecule has 0 aliphatic rings. The predicted molar refractivity (Wildman–Crippen MR) is 52.3 cm³/mol. The van der Waals surface area contributed by atoms with E-state index in [4.69, 9.17) is 5.26 Å². The number of carbonyl (C=O) groups excluding carboxylic acids is 1. The Labute approximate surface area is 82.8 Å². The quantitative estimate of drug-likeness (QED) is 0.509. The largest absolute Gasteiger partial charge is 0.356 e. The van der Waals surface area contributed by atoms with E-state index in [-0.39, 0.29) is 12.3 Å². The lowest BCUT2D eigenvalue weighted by atomic mass is 10.2. The van der Waals surface area contributed by atoms with E-state index in [1.165, 1.54) is 6.08 Å². The monoisotopic (exact) mass is 195 g/mol. The molecule has 0 rings (SSSR count). The highest BCUT2D eigenvalue weighted by atomic mass is 16.3. The second-order valence-electron chi connectivity index (χ2n) is 2.72. The minimum absolute atomic E-state index is 0.00167. The van der Waals surface area contributed by atoms with Gasteiger partial charge < -0.3 is 5.32 Å². The van der Waals surface area contributed by atoms with Gasteiger partial charge in [0.05, 0.1) is 12.5 Å². The second-order valence-corrected chi connectivity index (χ2v) is 2.72. The third-order valence-electron chi connectivity index (χ3n) is 1.50. The molecule has 0 aliphatic heterocycles. The van der Waals surface area contributed by atoms with Gasteiger partial charge in [-0.25, -0.2) is 0 Å². The minimum atomic E-state index is -0.744. The topological polar surface area (TPSA) is 82.3 Å².